The molecule has 1 aliphatic rings. The van der Waals surface area contributed by atoms with Crippen molar-refractivity contribution in [3.63, 3.8) is 0 Å². The van der Waals surface area contributed by atoms with E-state index in [1.807, 2.05) is 14.0 Å². The van der Waals surface area contributed by atoms with Crippen molar-refractivity contribution in [1.29, 1.82) is 0 Å². The molecule has 0 atom stereocenters. The Balaban J connectivity index is 0.00000364. The lowest BCUT2D eigenvalue weighted by Gasteiger charge is -2.22. The lowest BCUT2D eigenvalue weighted by atomic mass is 10.1. The number of likely N-dealkylation sites (tertiary alicyclic amines) is 1. The minimum Gasteiger partial charge on any atom is -0.382 e. The van der Waals surface area contributed by atoms with Crippen LogP contribution in [0.2, 0.25) is 0 Å². The maximum absolute atomic E-state index is 5.37. The summed E-state index contributed by atoms with van der Waals surface area (Å²) < 4.78 is 5.37. The van der Waals surface area contributed by atoms with Gasteiger partial charge in [-0.3, -0.25) is 9.89 Å². The second-order valence-electron chi connectivity index (χ2n) is 6.86. The Morgan fingerprint density at radius 3 is 2.44 bits per heavy atom. The van der Waals surface area contributed by atoms with Crippen LogP contribution >= 0.6 is 24.0 Å². The van der Waals surface area contributed by atoms with Gasteiger partial charge in [-0.15, -0.1) is 24.0 Å². The number of hydrogen-bond acceptors (Lipinski definition) is 3. The fourth-order valence-electron chi connectivity index (χ4n) is 3.34. The average molecular weight is 488 g/mol. The summed E-state index contributed by atoms with van der Waals surface area (Å²) in [5, 5.41) is 6.80. The van der Waals surface area contributed by atoms with Crippen LogP contribution in [0.15, 0.2) is 29.3 Å². The fraction of sp³-hybridized carbons (Fsp3) is 0.667. The SMILES string of the molecule is CCOCCCNC(=NC)NCc1ccccc1CN1CCCCCC1.I. The van der Waals surface area contributed by atoms with Crippen molar-refractivity contribution in [3.05, 3.63) is 35.4 Å². The molecule has 1 aliphatic heterocycles. The number of rotatable bonds is 9. The molecule has 0 aromatic heterocycles. The molecule has 5 nitrogen and oxygen atoms in total. The maximum atomic E-state index is 5.37. The first-order chi connectivity index (χ1) is 12.8. The number of guanidine groups is 1. The molecule has 0 amide bonds. The van der Waals surface area contributed by atoms with Crippen molar-refractivity contribution in [3.8, 4) is 0 Å². The van der Waals surface area contributed by atoms with Gasteiger partial charge in [0.2, 0.25) is 0 Å². The van der Waals surface area contributed by atoms with Crippen LogP contribution < -0.4 is 10.6 Å². The molecule has 0 saturated carbocycles. The van der Waals surface area contributed by atoms with Crippen LogP contribution in [0.25, 0.3) is 0 Å². The molecule has 0 unspecified atom stereocenters. The van der Waals surface area contributed by atoms with Crippen molar-refractivity contribution in [1.82, 2.24) is 15.5 Å². The molecule has 1 fully saturated rings. The molecule has 0 radical (unpaired) electrons. The highest BCUT2D eigenvalue weighted by atomic mass is 127. The first-order valence-corrected chi connectivity index (χ1v) is 10.1. The molecule has 1 saturated heterocycles. The van der Waals surface area contributed by atoms with Gasteiger partial charge < -0.3 is 15.4 Å². The molecule has 1 aromatic rings. The van der Waals surface area contributed by atoms with Crippen LogP contribution in [0.1, 0.15) is 50.2 Å². The van der Waals surface area contributed by atoms with Crippen LogP contribution in [0.5, 0.6) is 0 Å². The molecule has 0 spiro atoms. The van der Waals surface area contributed by atoms with Gasteiger partial charge in [-0.25, -0.2) is 0 Å². The van der Waals surface area contributed by atoms with E-state index in [0.29, 0.717) is 0 Å². The van der Waals surface area contributed by atoms with Gasteiger partial charge >= 0.3 is 0 Å². The molecular formula is C21H37IN4O. The third-order valence-corrected chi connectivity index (χ3v) is 4.84. The van der Waals surface area contributed by atoms with Gasteiger partial charge in [-0.1, -0.05) is 37.1 Å². The van der Waals surface area contributed by atoms with Gasteiger partial charge in [0.25, 0.3) is 0 Å². The number of benzene rings is 1. The second-order valence-corrected chi connectivity index (χ2v) is 6.86. The molecule has 2 rings (SSSR count). The Labute approximate surface area is 182 Å². The van der Waals surface area contributed by atoms with Crippen molar-refractivity contribution in [2.24, 2.45) is 4.99 Å². The standard InChI is InChI=1S/C21H36N4O.HI/c1-3-26-16-10-13-23-21(22-2)24-17-19-11-6-7-12-20(19)18-25-14-8-4-5-9-15-25;/h6-7,11-12H,3-5,8-10,13-18H2,1-2H3,(H2,22,23,24);1H. The molecule has 1 aromatic carbocycles. The van der Waals surface area contributed by atoms with E-state index in [9.17, 15) is 0 Å². The van der Waals surface area contributed by atoms with Gasteiger partial charge in [0, 0.05) is 39.9 Å². The zero-order chi connectivity index (χ0) is 18.5. The van der Waals surface area contributed by atoms with E-state index in [2.05, 4.69) is 44.8 Å². The lowest BCUT2D eigenvalue weighted by Crippen LogP contribution is -2.38. The average Bonchev–Trinajstić information content (AvgIpc) is 2.94. The van der Waals surface area contributed by atoms with Crippen molar-refractivity contribution >= 4 is 29.9 Å². The van der Waals surface area contributed by atoms with Gasteiger partial charge in [0.1, 0.15) is 0 Å². The van der Waals surface area contributed by atoms with Crippen LogP contribution in [0.3, 0.4) is 0 Å². The predicted molar refractivity (Wildman–Crippen MR) is 125 cm³/mol. The Hall–Kier alpha value is -0.860. The number of ether oxygens (including phenoxy) is 1. The minimum atomic E-state index is 0. The number of aliphatic imine (C=N–C) groups is 1. The quantitative estimate of drug-likeness (QED) is 0.241. The molecular weight excluding hydrogens is 451 g/mol. The molecule has 154 valence electrons. The molecule has 27 heavy (non-hydrogen) atoms. The number of nitrogens with one attached hydrogen (secondary N) is 2. The van der Waals surface area contributed by atoms with Crippen molar-refractivity contribution in [2.75, 3.05) is 39.9 Å². The summed E-state index contributed by atoms with van der Waals surface area (Å²) in [7, 11) is 1.82. The van der Waals surface area contributed by atoms with Gasteiger partial charge in [0.15, 0.2) is 5.96 Å². The Morgan fingerprint density at radius 1 is 1.07 bits per heavy atom. The summed E-state index contributed by atoms with van der Waals surface area (Å²) in [5.41, 5.74) is 2.78. The third-order valence-electron chi connectivity index (χ3n) is 4.84. The van der Waals surface area contributed by atoms with Crippen LogP contribution in [0, 0.1) is 0 Å². The lowest BCUT2D eigenvalue weighted by molar-refractivity contribution is 0.145. The molecule has 2 N–H and O–H groups in total. The summed E-state index contributed by atoms with van der Waals surface area (Å²) in [4.78, 5) is 6.93. The first-order valence-electron chi connectivity index (χ1n) is 10.1. The van der Waals surface area contributed by atoms with Crippen molar-refractivity contribution in [2.45, 2.75) is 52.1 Å². The third kappa shape index (κ3) is 9.76. The highest BCUT2D eigenvalue weighted by Crippen LogP contribution is 2.16. The van der Waals surface area contributed by atoms with E-state index in [1.54, 1.807) is 0 Å². The highest BCUT2D eigenvalue weighted by molar-refractivity contribution is 14.0. The van der Waals surface area contributed by atoms with Gasteiger partial charge in [0.05, 0.1) is 0 Å². The Kier molecular flexibility index (Phi) is 13.5. The summed E-state index contributed by atoms with van der Waals surface area (Å²) in [6.07, 6.45) is 6.41. The van der Waals surface area contributed by atoms with E-state index in [-0.39, 0.29) is 24.0 Å². The smallest absolute Gasteiger partial charge is 0.191 e. The summed E-state index contributed by atoms with van der Waals surface area (Å²) in [6, 6.07) is 8.77. The number of nitrogens with zero attached hydrogens (tertiary/aromatic N) is 2. The Bertz CT molecular complexity index is 531. The molecule has 0 bridgehead atoms. The summed E-state index contributed by atoms with van der Waals surface area (Å²) in [6.45, 7) is 8.77. The molecule has 6 heteroatoms. The Morgan fingerprint density at radius 2 is 1.78 bits per heavy atom. The van der Waals surface area contributed by atoms with E-state index in [1.165, 1.54) is 49.9 Å². The summed E-state index contributed by atoms with van der Waals surface area (Å²) in [5.74, 6) is 0.853. The van der Waals surface area contributed by atoms with Gasteiger partial charge in [-0.05, 0) is 50.4 Å². The number of halogens is 1. The summed E-state index contributed by atoms with van der Waals surface area (Å²) >= 11 is 0. The molecule has 1 heterocycles. The van der Waals surface area contributed by atoms with E-state index in [0.717, 1.165) is 45.2 Å². The number of hydrogen-bond donors (Lipinski definition) is 2. The predicted octanol–water partition coefficient (Wildman–Crippen LogP) is 3.77. The van der Waals surface area contributed by atoms with Crippen LogP contribution in [-0.4, -0.2) is 50.8 Å². The fourth-order valence-corrected chi connectivity index (χ4v) is 3.34. The van der Waals surface area contributed by atoms with Crippen LogP contribution in [-0.2, 0) is 17.8 Å². The highest BCUT2D eigenvalue weighted by Gasteiger charge is 2.11. The largest absolute Gasteiger partial charge is 0.382 e. The van der Waals surface area contributed by atoms with Crippen LogP contribution in [0.4, 0.5) is 0 Å². The van der Waals surface area contributed by atoms with E-state index < -0.39 is 0 Å². The zero-order valence-corrected chi connectivity index (χ0v) is 19.3. The van der Waals surface area contributed by atoms with E-state index >= 15 is 0 Å². The molecule has 0 aliphatic carbocycles. The first kappa shape index (κ1) is 24.2. The zero-order valence-electron chi connectivity index (χ0n) is 17.0. The second kappa shape index (κ2) is 15.1. The van der Waals surface area contributed by atoms with Gasteiger partial charge in [-0.2, -0.15) is 0 Å². The normalized spacial score (nSPS) is 15.7. The maximum Gasteiger partial charge on any atom is 0.191 e. The monoisotopic (exact) mass is 488 g/mol. The van der Waals surface area contributed by atoms with Crippen molar-refractivity contribution < 1.29 is 4.74 Å². The topological polar surface area (TPSA) is 48.9 Å². The van der Waals surface area contributed by atoms with E-state index in [4.69, 9.17) is 4.74 Å². The minimum absolute atomic E-state index is 0.